The van der Waals surface area contributed by atoms with E-state index < -0.39 is 6.04 Å². The average Bonchev–Trinajstić information content (AvgIpc) is 3.37. The van der Waals surface area contributed by atoms with Crippen LogP contribution in [-0.4, -0.2) is 54.6 Å². The van der Waals surface area contributed by atoms with Crippen LogP contribution in [0.15, 0.2) is 30.3 Å². The minimum absolute atomic E-state index is 0.189. The van der Waals surface area contributed by atoms with Gasteiger partial charge in [-0.2, -0.15) is 0 Å². The van der Waals surface area contributed by atoms with Crippen molar-refractivity contribution >= 4 is 34.4 Å². The number of methoxy groups -OCH3 is 2. The highest BCUT2D eigenvalue weighted by Gasteiger charge is 2.38. The van der Waals surface area contributed by atoms with Crippen LogP contribution in [0.3, 0.4) is 0 Å². The van der Waals surface area contributed by atoms with Crippen LogP contribution in [-0.2, 0) is 16.1 Å². The minimum atomic E-state index is -0.431. The fourth-order valence-electron chi connectivity index (χ4n) is 4.81. The summed E-state index contributed by atoms with van der Waals surface area (Å²) in [5, 5.41) is 4.65. The van der Waals surface area contributed by atoms with Crippen LogP contribution in [0.25, 0.3) is 10.9 Å². The Balaban J connectivity index is 1.53. The topological polar surface area (TPSA) is 83.7 Å². The number of H-pyrrole nitrogens is 1. The highest BCUT2D eigenvalue weighted by atomic mass is 35.5. The number of nitrogens with one attached hydrogen (secondary N) is 2. The van der Waals surface area contributed by atoms with Crippen LogP contribution in [0.5, 0.6) is 5.75 Å². The van der Waals surface area contributed by atoms with Crippen molar-refractivity contribution in [3.63, 3.8) is 0 Å². The number of aromatic amines is 1. The molecule has 1 saturated heterocycles. The Morgan fingerprint density at radius 2 is 1.88 bits per heavy atom. The molecule has 0 spiro atoms. The second-order valence-corrected chi connectivity index (χ2v) is 9.30. The number of amides is 1. The molecule has 0 unspecified atom stereocenters. The highest BCUT2D eigenvalue weighted by molar-refractivity contribution is 6.31. The molecule has 8 heteroatoms. The summed E-state index contributed by atoms with van der Waals surface area (Å²) >= 11 is 6.13. The monoisotopic (exact) mass is 483 g/mol. The third kappa shape index (κ3) is 4.50. The van der Waals surface area contributed by atoms with Crippen molar-refractivity contribution in [3.05, 3.63) is 63.3 Å². The molecule has 7 nitrogen and oxygen atoms in total. The summed E-state index contributed by atoms with van der Waals surface area (Å²) in [5.41, 5.74) is 5.53. The fourth-order valence-corrected chi connectivity index (χ4v) is 4.98. The number of aromatic nitrogens is 1. The number of rotatable bonds is 6. The molecule has 3 aromatic rings. The molecule has 1 aliphatic heterocycles. The molecule has 0 aliphatic carbocycles. The summed E-state index contributed by atoms with van der Waals surface area (Å²) in [5.74, 6) is 0.347. The number of benzene rings is 2. The van der Waals surface area contributed by atoms with E-state index in [9.17, 15) is 9.59 Å². The number of esters is 1. The van der Waals surface area contributed by atoms with Crippen molar-refractivity contribution in [2.24, 2.45) is 0 Å². The van der Waals surface area contributed by atoms with Crippen LogP contribution in [0.4, 0.5) is 0 Å². The van der Waals surface area contributed by atoms with Gasteiger partial charge in [-0.15, -0.1) is 0 Å². The van der Waals surface area contributed by atoms with Gasteiger partial charge >= 0.3 is 5.97 Å². The third-order valence-corrected chi connectivity index (χ3v) is 7.14. The lowest BCUT2D eigenvalue weighted by Crippen LogP contribution is -2.38. The number of hydrogen-bond acceptors (Lipinski definition) is 5. The molecular formula is C26H30ClN3O4. The lowest BCUT2D eigenvalue weighted by atomic mass is 10.0. The van der Waals surface area contributed by atoms with Gasteiger partial charge in [-0.05, 0) is 73.7 Å². The lowest BCUT2D eigenvalue weighted by Gasteiger charge is -2.24. The Bertz CT molecular complexity index is 1250. The molecule has 2 aromatic carbocycles. The molecule has 0 radical (unpaired) electrons. The van der Waals surface area contributed by atoms with Gasteiger partial charge in [0.15, 0.2) is 0 Å². The quantitative estimate of drug-likeness (QED) is 0.511. The van der Waals surface area contributed by atoms with E-state index in [2.05, 4.69) is 22.1 Å². The summed E-state index contributed by atoms with van der Waals surface area (Å²) in [6.07, 6.45) is 0.484. The molecule has 2 N–H and O–H groups in total. The molecule has 4 rings (SSSR count). The lowest BCUT2D eigenvalue weighted by molar-refractivity contribution is -0.146. The zero-order valence-electron chi connectivity index (χ0n) is 20.1. The van der Waals surface area contributed by atoms with E-state index in [-0.39, 0.29) is 17.9 Å². The average molecular weight is 484 g/mol. The first-order valence-corrected chi connectivity index (χ1v) is 11.6. The number of hydrogen-bond donors (Lipinski definition) is 2. The summed E-state index contributed by atoms with van der Waals surface area (Å²) in [7, 11) is 3.06. The van der Waals surface area contributed by atoms with Crippen LogP contribution in [0.2, 0.25) is 5.02 Å². The van der Waals surface area contributed by atoms with Gasteiger partial charge < -0.3 is 19.8 Å². The largest absolute Gasteiger partial charge is 0.496 e. The van der Waals surface area contributed by atoms with Crippen molar-refractivity contribution in [2.75, 3.05) is 20.8 Å². The predicted octanol–water partition coefficient (Wildman–Crippen LogP) is 4.30. The second-order valence-electron chi connectivity index (χ2n) is 8.87. The Kier molecular flexibility index (Phi) is 6.86. The smallest absolute Gasteiger partial charge is 0.323 e. The van der Waals surface area contributed by atoms with E-state index in [1.165, 1.54) is 7.11 Å². The maximum absolute atomic E-state index is 13.1. The van der Waals surface area contributed by atoms with E-state index in [1.807, 2.05) is 38.1 Å². The summed E-state index contributed by atoms with van der Waals surface area (Å²) in [6.45, 7) is 7.10. The Hall–Kier alpha value is -3.03. The van der Waals surface area contributed by atoms with E-state index in [0.29, 0.717) is 30.2 Å². The molecule has 1 aliphatic rings. The molecule has 1 aromatic heterocycles. The predicted molar refractivity (Wildman–Crippen MR) is 133 cm³/mol. The molecular weight excluding hydrogens is 454 g/mol. The Morgan fingerprint density at radius 3 is 2.59 bits per heavy atom. The maximum atomic E-state index is 13.1. The number of fused-ring (bicyclic) bond motifs is 1. The molecule has 0 bridgehead atoms. The number of carbonyl (C=O) groups is 2. The van der Waals surface area contributed by atoms with Gasteiger partial charge in [0.1, 0.15) is 17.5 Å². The third-order valence-electron chi connectivity index (χ3n) is 6.90. The van der Waals surface area contributed by atoms with Crippen molar-refractivity contribution in [2.45, 2.75) is 45.8 Å². The number of nitrogens with zero attached hydrogens (tertiary/aromatic N) is 1. The first-order chi connectivity index (χ1) is 16.2. The van der Waals surface area contributed by atoms with Gasteiger partial charge in [0, 0.05) is 35.1 Å². The van der Waals surface area contributed by atoms with Gasteiger partial charge in [0.25, 0.3) is 5.91 Å². The van der Waals surface area contributed by atoms with Crippen LogP contribution >= 0.6 is 11.6 Å². The van der Waals surface area contributed by atoms with Crippen molar-refractivity contribution in [1.29, 1.82) is 0 Å². The second kappa shape index (κ2) is 9.68. The van der Waals surface area contributed by atoms with Gasteiger partial charge in [-0.25, -0.2) is 0 Å². The SMILES string of the molecule is COC(=O)[C@@H]1C[C@@H](NC(=O)c2[nH]c3ccc(Cl)cc3c2C)CN1Cc1ccc(OC)c(C)c1C. The van der Waals surface area contributed by atoms with E-state index in [0.717, 1.165) is 38.9 Å². The highest BCUT2D eigenvalue weighted by Crippen LogP contribution is 2.29. The van der Waals surface area contributed by atoms with Crippen molar-refractivity contribution in [3.8, 4) is 5.75 Å². The summed E-state index contributed by atoms with van der Waals surface area (Å²) in [4.78, 5) is 31.0. The van der Waals surface area contributed by atoms with E-state index in [1.54, 1.807) is 13.2 Å². The zero-order chi connectivity index (χ0) is 24.6. The molecule has 0 saturated carbocycles. The van der Waals surface area contributed by atoms with E-state index in [4.69, 9.17) is 21.1 Å². The number of likely N-dealkylation sites (tertiary alicyclic amines) is 1. The minimum Gasteiger partial charge on any atom is -0.496 e. The normalized spacial score (nSPS) is 18.3. The number of aryl methyl sites for hydroxylation is 1. The molecule has 2 atom stereocenters. The number of carbonyl (C=O) groups excluding carboxylic acids is 2. The Morgan fingerprint density at radius 1 is 1.12 bits per heavy atom. The van der Waals surface area contributed by atoms with Gasteiger partial charge in [-0.1, -0.05) is 17.7 Å². The molecule has 2 heterocycles. The molecule has 180 valence electrons. The fraction of sp³-hybridized carbons (Fsp3) is 0.385. The van der Waals surface area contributed by atoms with Crippen LogP contribution < -0.4 is 10.1 Å². The van der Waals surface area contributed by atoms with Crippen molar-refractivity contribution < 1.29 is 19.1 Å². The number of halogens is 1. The van der Waals surface area contributed by atoms with Gasteiger partial charge in [-0.3, -0.25) is 14.5 Å². The first kappa shape index (κ1) is 24.1. The summed E-state index contributed by atoms with van der Waals surface area (Å²) in [6, 6.07) is 8.87. The Labute approximate surface area is 204 Å². The van der Waals surface area contributed by atoms with Gasteiger partial charge in [0.05, 0.1) is 14.2 Å². The standard InChI is InChI=1S/C26H30ClN3O4/c1-14-15(2)23(33-4)9-6-17(14)12-30-13-19(11-22(30)26(32)34-5)28-25(31)24-16(3)20-10-18(27)7-8-21(20)29-24/h6-10,19,22,29H,11-13H2,1-5H3,(H,28,31)/t19-,22+/m1/s1. The van der Waals surface area contributed by atoms with Crippen LogP contribution in [0.1, 0.15) is 39.2 Å². The summed E-state index contributed by atoms with van der Waals surface area (Å²) < 4.78 is 10.5. The van der Waals surface area contributed by atoms with Crippen molar-refractivity contribution in [1.82, 2.24) is 15.2 Å². The van der Waals surface area contributed by atoms with Gasteiger partial charge in [0.2, 0.25) is 0 Å². The number of ether oxygens (including phenoxy) is 2. The maximum Gasteiger partial charge on any atom is 0.323 e. The molecule has 1 amide bonds. The molecule has 34 heavy (non-hydrogen) atoms. The molecule has 1 fully saturated rings. The van der Waals surface area contributed by atoms with Crippen LogP contribution in [0, 0.1) is 20.8 Å². The first-order valence-electron chi connectivity index (χ1n) is 11.3. The zero-order valence-corrected chi connectivity index (χ0v) is 20.9. The van der Waals surface area contributed by atoms with E-state index >= 15 is 0 Å².